The Labute approximate surface area is 151 Å². The maximum Gasteiger partial charge on any atom is 0.340 e. The molecule has 0 unspecified atom stereocenters. The second-order valence-corrected chi connectivity index (χ2v) is 6.20. The van der Waals surface area contributed by atoms with Crippen LogP contribution in [-0.4, -0.2) is 49.8 Å². The summed E-state index contributed by atoms with van der Waals surface area (Å²) in [5, 5.41) is 3.49. The third kappa shape index (κ3) is 4.29. The molecular weight excluding hydrogens is 336 g/mol. The predicted molar refractivity (Wildman–Crippen MR) is 95.3 cm³/mol. The van der Waals surface area contributed by atoms with Gasteiger partial charge in [0.1, 0.15) is 5.75 Å². The van der Waals surface area contributed by atoms with Crippen molar-refractivity contribution in [3.05, 3.63) is 35.5 Å². The minimum atomic E-state index is -0.577. The molecule has 1 aliphatic rings. The number of pyridine rings is 1. The molecule has 1 atom stereocenters. The monoisotopic (exact) mass is 358 g/mol. The summed E-state index contributed by atoms with van der Waals surface area (Å²) in [6.07, 6.45) is 2.00. The highest BCUT2D eigenvalue weighted by Gasteiger charge is 2.18. The van der Waals surface area contributed by atoms with Crippen LogP contribution in [0.2, 0.25) is 0 Å². The molecule has 138 valence electrons. The number of hydrogen-bond acceptors (Lipinski definition) is 6. The van der Waals surface area contributed by atoms with Crippen molar-refractivity contribution in [3.8, 4) is 5.75 Å². The molecule has 0 spiro atoms. The first-order valence-corrected chi connectivity index (χ1v) is 8.57. The van der Waals surface area contributed by atoms with Crippen molar-refractivity contribution in [1.82, 2.24) is 10.3 Å². The Morgan fingerprint density at radius 1 is 1.35 bits per heavy atom. The second-order valence-electron chi connectivity index (χ2n) is 6.20. The van der Waals surface area contributed by atoms with Crippen LogP contribution in [0.25, 0.3) is 10.9 Å². The number of methoxy groups -OCH3 is 1. The van der Waals surface area contributed by atoms with Gasteiger partial charge in [0.05, 0.1) is 30.0 Å². The molecule has 1 aromatic heterocycles. The van der Waals surface area contributed by atoms with E-state index in [0.29, 0.717) is 23.6 Å². The molecule has 2 heterocycles. The molecule has 7 heteroatoms. The van der Waals surface area contributed by atoms with Crippen LogP contribution in [0.15, 0.2) is 24.3 Å². The van der Waals surface area contributed by atoms with E-state index in [1.165, 1.54) is 0 Å². The first kappa shape index (κ1) is 18.1. The number of aromatic nitrogens is 1. The first-order chi connectivity index (χ1) is 12.6. The SMILES string of the molecule is COc1ccc2nc(C)c(C(=O)OCC(=O)NC[C@H]3CCCO3)cc2c1. The number of nitrogens with one attached hydrogen (secondary N) is 1. The van der Waals surface area contributed by atoms with Crippen LogP contribution >= 0.6 is 0 Å². The van der Waals surface area contributed by atoms with Gasteiger partial charge in [-0.25, -0.2) is 4.79 Å². The number of rotatable bonds is 6. The fourth-order valence-corrected chi connectivity index (χ4v) is 2.88. The quantitative estimate of drug-likeness (QED) is 0.795. The highest BCUT2D eigenvalue weighted by molar-refractivity contribution is 5.96. The van der Waals surface area contributed by atoms with E-state index >= 15 is 0 Å². The summed E-state index contributed by atoms with van der Waals surface area (Å²) in [6, 6.07) is 7.14. The molecule has 0 aliphatic carbocycles. The van der Waals surface area contributed by atoms with Gasteiger partial charge in [0, 0.05) is 18.5 Å². The zero-order valence-electron chi connectivity index (χ0n) is 14.9. The summed E-state index contributed by atoms with van der Waals surface area (Å²) >= 11 is 0. The zero-order chi connectivity index (χ0) is 18.5. The Balaban J connectivity index is 1.61. The summed E-state index contributed by atoms with van der Waals surface area (Å²) in [7, 11) is 1.58. The minimum absolute atomic E-state index is 0.0524. The number of nitrogens with zero attached hydrogens (tertiary/aromatic N) is 1. The van der Waals surface area contributed by atoms with Gasteiger partial charge in [-0.05, 0) is 44.0 Å². The van der Waals surface area contributed by atoms with E-state index in [2.05, 4.69) is 10.3 Å². The molecule has 1 fully saturated rings. The molecule has 2 aromatic rings. The molecule has 7 nitrogen and oxygen atoms in total. The van der Waals surface area contributed by atoms with Gasteiger partial charge >= 0.3 is 5.97 Å². The lowest BCUT2D eigenvalue weighted by molar-refractivity contribution is -0.124. The topological polar surface area (TPSA) is 86.8 Å². The van der Waals surface area contributed by atoms with E-state index in [4.69, 9.17) is 14.2 Å². The summed E-state index contributed by atoms with van der Waals surface area (Å²) < 4.78 is 15.8. The summed E-state index contributed by atoms with van der Waals surface area (Å²) in [4.78, 5) is 28.6. The van der Waals surface area contributed by atoms with E-state index in [1.807, 2.05) is 12.1 Å². The van der Waals surface area contributed by atoms with Crippen molar-refractivity contribution >= 4 is 22.8 Å². The van der Waals surface area contributed by atoms with Gasteiger partial charge in [-0.2, -0.15) is 0 Å². The van der Waals surface area contributed by atoms with Gasteiger partial charge in [0.2, 0.25) is 0 Å². The number of ether oxygens (including phenoxy) is 3. The molecule has 1 aliphatic heterocycles. The molecule has 26 heavy (non-hydrogen) atoms. The van der Waals surface area contributed by atoms with Crippen molar-refractivity contribution in [2.45, 2.75) is 25.9 Å². The predicted octanol–water partition coefficient (Wildman–Crippen LogP) is 2.00. The molecule has 1 amide bonds. The molecule has 0 saturated carbocycles. The number of esters is 1. The fourth-order valence-electron chi connectivity index (χ4n) is 2.88. The number of fused-ring (bicyclic) bond motifs is 1. The van der Waals surface area contributed by atoms with Gasteiger partial charge in [-0.15, -0.1) is 0 Å². The normalized spacial score (nSPS) is 16.5. The lowest BCUT2D eigenvalue weighted by atomic mass is 10.1. The van der Waals surface area contributed by atoms with Gasteiger partial charge in [0.15, 0.2) is 6.61 Å². The molecular formula is C19H22N2O5. The van der Waals surface area contributed by atoms with Crippen molar-refractivity contribution in [2.75, 3.05) is 26.9 Å². The van der Waals surface area contributed by atoms with Crippen LogP contribution < -0.4 is 10.1 Å². The van der Waals surface area contributed by atoms with Gasteiger partial charge in [0.25, 0.3) is 5.91 Å². The fraction of sp³-hybridized carbons (Fsp3) is 0.421. The van der Waals surface area contributed by atoms with Crippen molar-refractivity contribution in [2.24, 2.45) is 0 Å². The molecule has 1 N–H and O–H groups in total. The Hall–Kier alpha value is -2.67. The number of carbonyl (C=O) groups is 2. The number of carbonyl (C=O) groups excluding carboxylic acids is 2. The smallest absolute Gasteiger partial charge is 0.340 e. The van der Waals surface area contributed by atoms with Crippen molar-refractivity contribution in [1.29, 1.82) is 0 Å². The average Bonchev–Trinajstić information content (AvgIpc) is 3.17. The van der Waals surface area contributed by atoms with E-state index < -0.39 is 5.97 Å². The standard InChI is InChI=1S/C19H22N2O5/c1-12-16(9-13-8-14(24-2)5-6-17(13)21-12)19(23)26-11-18(22)20-10-15-4-3-7-25-15/h5-6,8-9,15H,3-4,7,10-11H2,1-2H3,(H,20,22)/t15-/m1/s1. The van der Waals surface area contributed by atoms with Crippen molar-refractivity contribution < 1.29 is 23.8 Å². The molecule has 0 bridgehead atoms. The van der Waals surface area contributed by atoms with Gasteiger partial charge < -0.3 is 19.5 Å². The van der Waals surface area contributed by atoms with Crippen molar-refractivity contribution in [3.63, 3.8) is 0 Å². The minimum Gasteiger partial charge on any atom is -0.497 e. The number of aryl methyl sites for hydroxylation is 1. The van der Waals surface area contributed by atoms with E-state index in [0.717, 1.165) is 30.4 Å². The van der Waals surface area contributed by atoms with E-state index in [-0.39, 0.29) is 18.6 Å². The van der Waals surface area contributed by atoms with Crippen LogP contribution in [0.4, 0.5) is 0 Å². The average molecular weight is 358 g/mol. The number of hydrogen-bond donors (Lipinski definition) is 1. The number of amides is 1. The molecule has 1 saturated heterocycles. The first-order valence-electron chi connectivity index (χ1n) is 8.57. The van der Waals surface area contributed by atoms with Gasteiger partial charge in [-0.1, -0.05) is 0 Å². The molecule has 1 aromatic carbocycles. The molecule has 0 radical (unpaired) electrons. The zero-order valence-corrected chi connectivity index (χ0v) is 14.9. The largest absolute Gasteiger partial charge is 0.497 e. The van der Waals surface area contributed by atoms with Crippen LogP contribution in [0.1, 0.15) is 28.9 Å². The Morgan fingerprint density at radius 3 is 2.92 bits per heavy atom. The summed E-state index contributed by atoms with van der Waals surface area (Å²) in [6.45, 7) is 2.57. The van der Waals surface area contributed by atoms with Crippen LogP contribution in [-0.2, 0) is 14.3 Å². The third-order valence-corrected chi connectivity index (χ3v) is 4.32. The maximum absolute atomic E-state index is 12.3. The van der Waals surface area contributed by atoms with Crippen LogP contribution in [0.3, 0.4) is 0 Å². The maximum atomic E-state index is 12.3. The number of benzene rings is 1. The van der Waals surface area contributed by atoms with Crippen LogP contribution in [0.5, 0.6) is 5.75 Å². The van der Waals surface area contributed by atoms with E-state index in [9.17, 15) is 9.59 Å². The van der Waals surface area contributed by atoms with Gasteiger partial charge in [-0.3, -0.25) is 9.78 Å². The molecule has 3 rings (SSSR count). The second kappa shape index (κ2) is 8.14. The van der Waals surface area contributed by atoms with Crippen LogP contribution in [0, 0.1) is 6.92 Å². The lowest BCUT2D eigenvalue weighted by Crippen LogP contribution is -2.34. The highest BCUT2D eigenvalue weighted by Crippen LogP contribution is 2.22. The highest BCUT2D eigenvalue weighted by atomic mass is 16.5. The third-order valence-electron chi connectivity index (χ3n) is 4.32. The Bertz CT molecular complexity index is 815. The Morgan fingerprint density at radius 2 is 2.19 bits per heavy atom. The van der Waals surface area contributed by atoms with E-state index in [1.54, 1.807) is 26.2 Å². The summed E-state index contributed by atoms with van der Waals surface area (Å²) in [5.74, 6) is -0.245. The summed E-state index contributed by atoms with van der Waals surface area (Å²) in [5.41, 5.74) is 1.64. The Kier molecular flexibility index (Phi) is 5.68. The lowest BCUT2D eigenvalue weighted by Gasteiger charge is -2.11.